The summed E-state index contributed by atoms with van der Waals surface area (Å²) in [5.41, 5.74) is 3.36. The van der Waals surface area contributed by atoms with Crippen molar-refractivity contribution in [2.24, 2.45) is 0 Å². The Labute approximate surface area is 190 Å². The fourth-order valence-electron chi connectivity index (χ4n) is 3.44. The highest BCUT2D eigenvalue weighted by Gasteiger charge is 2.19. The third-order valence-corrected chi connectivity index (χ3v) is 5.05. The van der Waals surface area contributed by atoms with E-state index >= 15 is 0 Å². The highest BCUT2D eigenvalue weighted by atomic mass is 16.5. The molecule has 0 aliphatic rings. The van der Waals surface area contributed by atoms with Gasteiger partial charge >= 0.3 is 0 Å². The van der Waals surface area contributed by atoms with Crippen molar-refractivity contribution >= 4 is 29.0 Å². The quantitative estimate of drug-likeness (QED) is 0.427. The van der Waals surface area contributed by atoms with Crippen LogP contribution in [-0.4, -0.2) is 47.4 Å². The van der Waals surface area contributed by atoms with E-state index in [-0.39, 0.29) is 12.5 Å². The van der Waals surface area contributed by atoms with Crippen molar-refractivity contribution in [2.45, 2.75) is 6.54 Å². The van der Waals surface area contributed by atoms with Gasteiger partial charge in [0.15, 0.2) is 11.5 Å². The van der Waals surface area contributed by atoms with Crippen molar-refractivity contribution in [1.29, 1.82) is 0 Å². The van der Waals surface area contributed by atoms with Gasteiger partial charge in [-0.1, -0.05) is 12.1 Å². The lowest BCUT2D eigenvalue weighted by Gasteiger charge is -2.10. The molecule has 9 heteroatoms. The Morgan fingerprint density at radius 3 is 2.61 bits per heavy atom. The molecule has 0 unspecified atom stereocenters. The molecule has 2 aromatic carbocycles. The van der Waals surface area contributed by atoms with Gasteiger partial charge in [-0.15, -0.1) is 0 Å². The number of methoxy groups -OCH3 is 3. The maximum Gasteiger partial charge on any atom is 0.255 e. The number of benzene rings is 2. The van der Waals surface area contributed by atoms with Crippen LogP contribution >= 0.6 is 0 Å². The summed E-state index contributed by atoms with van der Waals surface area (Å²) in [4.78, 5) is 21.0. The molecular weight excluding hydrogens is 422 g/mol. The minimum atomic E-state index is -0.282. The molecule has 33 heavy (non-hydrogen) atoms. The zero-order valence-corrected chi connectivity index (χ0v) is 18.5. The molecule has 1 amide bonds. The summed E-state index contributed by atoms with van der Waals surface area (Å²) in [6.07, 6.45) is 8.52. The number of nitrogens with zero attached hydrogens (tertiary/aromatic N) is 3. The number of fused-ring (bicyclic) bond motifs is 1. The van der Waals surface area contributed by atoms with Crippen molar-refractivity contribution in [2.75, 3.05) is 21.3 Å². The number of nitrogens with one attached hydrogen (secondary N) is 2. The molecule has 0 bridgehead atoms. The molecule has 0 fully saturated rings. The first-order chi connectivity index (χ1) is 16.1. The SMILES string of the molecule is COc1ccc(C=Cc2n[nH]c3ccc(C(=O)NCc4cnccn4)c(OC)c23)cc1OC. The number of H-pyrrole nitrogens is 1. The number of ether oxygens (including phenoxy) is 3. The van der Waals surface area contributed by atoms with E-state index in [1.54, 1.807) is 44.9 Å². The fraction of sp³-hybridized carbons (Fsp3) is 0.167. The molecule has 4 rings (SSSR count). The van der Waals surface area contributed by atoms with E-state index in [1.807, 2.05) is 30.4 Å². The van der Waals surface area contributed by atoms with E-state index in [1.165, 1.54) is 7.11 Å². The number of aromatic nitrogens is 4. The lowest BCUT2D eigenvalue weighted by Crippen LogP contribution is -2.24. The molecule has 2 heterocycles. The molecule has 2 aromatic heterocycles. The lowest BCUT2D eigenvalue weighted by atomic mass is 10.1. The maximum atomic E-state index is 12.9. The Hall–Kier alpha value is -4.40. The first kappa shape index (κ1) is 21.8. The van der Waals surface area contributed by atoms with Gasteiger partial charge in [0.05, 0.1) is 61.9 Å². The third kappa shape index (κ3) is 4.62. The van der Waals surface area contributed by atoms with Crippen LogP contribution in [0.2, 0.25) is 0 Å². The molecule has 0 aliphatic heterocycles. The van der Waals surface area contributed by atoms with Crippen LogP contribution in [0.25, 0.3) is 23.1 Å². The van der Waals surface area contributed by atoms with Crippen molar-refractivity contribution in [3.8, 4) is 17.2 Å². The predicted molar refractivity (Wildman–Crippen MR) is 124 cm³/mol. The van der Waals surface area contributed by atoms with E-state index in [2.05, 4.69) is 25.5 Å². The molecule has 0 radical (unpaired) electrons. The molecule has 0 spiro atoms. The number of rotatable bonds is 8. The van der Waals surface area contributed by atoms with E-state index in [9.17, 15) is 4.79 Å². The minimum absolute atomic E-state index is 0.255. The van der Waals surface area contributed by atoms with E-state index in [4.69, 9.17) is 14.2 Å². The Balaban J connectivity index is 1.64. The monoisotopic (exact) mass is 445 g/mol. The van der Waals surface area contributed by atoms with Gasteiger partial charge in [0.25, 0.3) is 5.91 Å². The van der Waals surface area contributed by atoms with Gasteiger partial charge in [-0.05, 0) is 35.9 Å². The summed E-state index contributed by atoms with van der Waals surface area (Å²) in [6.45, 7) is 0.255. The van der Waals surface area contributed by atoms with Crippen LogP contribution in [0.5, 0.6) is 17.2 Å². The summed E-state index contributed by atoms with van der Waals surface area (Å²) >= 11 is 0. The van der Waals surface area contributed by atoms with E-state index in [0.29, 0.717) is 39.6 Å². The normalized spacial score (nSPS) is 11.0. The Morgan fingerprint density at radius 1 is 1.03 bits per heavy atom. The van der Waals surface area contributed by atoms with Crippen molar-refractivity contribution in [3.05, 3.63) is 71.4 Å². The minimum Gasteiger partial charge on any atom is -0.495 e. The van der Waals surface area contributed by atoms with Crippen molar-refractivity contribution in [1.82, 2.24) is 25.5 Å². The van der Waals surface area contributed by atoms with Gasteiger partial charge in [0, 0.05) is 12.4 Å². The Bertz CT molecular complexity index is 1300. The second-order valence-electron chi connectivity index (χ2n) is 7.00. The zero-order valence-electron chi connectivity index (χ0n) is 18.5. The van der Waals surface area contributed by atoms with Crippen LogP contribution in [0.15, 0.2) is 48.9 Å². The molecule has 9 nitrogen and oxygen atoms in total. The second kappa shape index (κ2) is 9.82. The topological polar surface area (TPSA) is 111 Å². The smallest absolute Gasteiger partial charge is 0.255 e. The van der Waals surface area contributed by atoms with Gasteiger partial charge in [-0.25, -0.2) is 0 Å². The van der Waals surface area contributed by atoms with Gasteiger partial charge in [0.2, 0.25) is 0 Å². The van der Waals surface area contributed by atoms with Crippen LogP contribution in [0, 0.1) is 0 Å². The molecular formula is C24H23N5O4. The van der Waals surface area contributed by atoms with Gasteiger partial charge < -0.3 is 19.5 Å². The summed E-state index contributed by atoms with van der Waals surface area (Å²) in [6, 6.07) is 9.12. The molecule has 0 aliphatic carbocycles. The molecule has 0 saturated heterocycles. The highest BCUT2D eigenvalue weighted by molar-refractivity contribution is 6.05. The standard InChI is InChI=1S/C24H23N5O4/c1-31-20-9-5-15(12-21(20)32-2)4-7-18-22-19(29-28-18)8-6-17(23(22)33-3)24(30)27-14-16-13-25-10-11-26-16/h4-13H,14H2,1-3H3,(H,27,30)(H,28,29). The molecule has 4 aromatic rings. The van der Waals surface area contributed by atoms with Crippen LogP contribution in [-0.2, 0) is 6.54 Å². The fourth-order valence-corrected chi connectivity index (χ4v) is 3.44. The number of aromatic amines is 1. The Morgan fingerprint density at radius 2 is 1.88 bits per heavy atom. The maximum absolute atomic E-state index is 12.9. The highest BCUT2D eigenvalue weighted by Crippen LogP contribution is 2.33. The molecule has 2 N–H and O–H groups in total. The van der Waals surface area contributed by atoms with Crippen LogP contribution in [0.3, 0.4) is 0 Å². The van der Waals surface area contributed by atoms with Crippen LogP contribution in [0.4, 0.5) is 0 Å². The van der Waals surface area contributed by atoms with Gasteiger partial charge in [-0.3, -0.25) is 19.9 Å². The van der Waals surface area contributed by atoms with Crippen LogP contribution < -0.4 is 19.5 Å². The first-order valence-corrected chi connectivity index (χ1v) is 10.1. The largest absolute Gasteiger partial charge is 0.495 e. The summed E-state index contributed by atoms with van der Waals surface area (Å²) < 4.78 is 16.3. The number of hydrogen-bond acceptors (Lipinski definition) is 7. The molecule has 0 atom stereocenters. The molecule has 0 saturated carbocycles. The number of hydrogen-bond donors (Lipinski definition) is 2. The van der Waals surface area contributed by atoms with Gasteiger partial charge in [-0.2, -0.15) is 5.10 Å². The van der Waals surface area contributed by atoms with E-state index in [0.717, 1.165) is 11.1 Å². The second-order valence-corrected chi connectivity index (χ2v) is 7.00. The lowest BCUT2D eigenvalue weighted by molar-refractivity contribution is 0.0947. The summed E-state index contributed by atoms with van der Waals surface area (Å²) in [5.74, 6) is 1.44. The van der Waals surface area contributed by atoms with E-state index < -0.39 is 0 Å². The third-order valence-electron chi connectivity index (χ3n) is 5.05. The number of carbonyl (C=O) groups is 1. The molecule has 168 valence electrons. The van der Waals surface area contributed by atoms with Crippen molar-refractivity contribution < 1.29 is 19.0 Å². The van der Waals surface area contributed by atoms with Crippen molar-refractivity contribution in [3.63, 3.8) is 0 Å². The van der Waals surface area contributed by atoms with Crippen LogP contribution in [0.1, 0.15) is 27.3 Å². The average Bonchev–Trinajstić information content (AvgIpc) is 3.29. The first-order valence-electron chi connectivity index (χ1n) is 10.1. The Kier molecular flexibility index (Phi) is 6.49. The summed E-state index contributed by atoms with van der Waals surface area (Å²) in [5, 5.41) is 10.9. The van der Waals surface area contributed by atoms with Gasteiger partial charge in [0.1, 0.15) is 5.75 Å². The summed E-state index contributed by atoms with van der Waals surface area (Å²) in [7, 11) is 4.72. The number of amides is 1. The number of carbonyl (C=O) groups excluding carboxylic acids is 1. The zero-order chi connectivity index (χ0) is 23.2. The predicted octanol–water partition coefficient (Wildman–Crippen LogP) is 3.48. The average molecular weight is 445 g/mol.